The molecule has 9 nitrogen and oxygen atoms in total. The highest BCUT2D eigenvalue weighted by molar-refractivity contribution is 6.21. The van der Waals surface area contributed by atoms with E-state index in [9.17, 15) is 27.6 Å². The summed E-state index contributed by atoms with van der Waals surface area (Å²) in [5, 5.41) is 8.17. The zero-order chi connectivity index (χ0) is 33.2. The number of pyridine rings is 1. The van der Waals surface area contributed by atoms with E-state index in [0.717, 1.165) is 35.9 Å². The van der Waals surface area contributed by atoms with E-state index in [0.29, 0.717) is 11.3 Å². The van der Waals surface area contributed by atoms with Crippen LogP contribution >= 0.6 is 0 Å². The Labute approximate surface area is 262 Å². The number of aryl methyl sites for hydroxylation is 1. The number of carbonyl (C=O) groups excluding carboxylic acids is 3. The van der Waals surface area contributed by atoms with Crippen molar-refractivity contribution in [2.75, 3.05) is 12.0 Å². The summed E-state index contributed by atoms with van der Waals surface area (Å²) in [6.45, 7) is 5.67. The van der Waals surface area contributed by atoms with E-state index >= 15 is 0 Å². The summed E-state index contributed by atoms with van der Waals surface area (Å²) in [5.41, 5.74) is 0.696. The maximum atomic E-state index is 14.4. The standard InChI is InChI=1S/C34H29F3N4O5/c1-19(2)21-11-13-22(14-12-21)29(42)27-28(24-15-16-25(38-18-24)34(35,36)37)41(26-17-10-20(3)39-40-26)32(43)31(27)46-30(33(44)45-4)23-8-6-5-7-9-23/h5-19,28,30H,1-4H3/t28-,30-/m1/s1. The quantitative estimate of drug-likeness (QED) is 0.153. The first-order valence-corrected chi connectivity index (χ1v) is 14.3. The molecule has 0 radical (unpaired) electrons. The molecular formula is C34H29F3N4O5. The van der Waals surface area contributed by atoms with Crippen LogP contribution in [0.2, 0.25) is 0 Å². The zero-order valence-electron chi connectivity index (χ0n) is 25.3. The molecule has 46 heavy (non-hydrogen) atoms. The minimum absolute atomic E-state index is 0.00566. The Morgan fingerprint density at radius 2 is 1.59 bits per heavy atom. The van der Waals surface area contributed by atoms with Gasteiger partial charge in [0.05, 0.1) is 24.4 Å². The lowest BCUT2D eigenvalue weighted by atomic mass is 9.92. The second-order valence-electron chi connectivity index (χ2n) is 10.9. The van der Waals surface area contributed by atoms with Crippen LogP contribution in [0.3, 0.4) is 0 Å². The number of ketones is 1. The van der Waals surface area contributed by atoms with E-state index in [1.807, 2.05) is 13.8 Å². The summed E-state index contributed by atoms with van der Waals surface area (Å²) in [5.74, 6) is -2.69. The Balaban J connectivity index is 1.74. The second-order valence-corrected chi connectivity index (χ2v) is 10.9. The first-order valence-electron chi connectivity index (χ1n) is 14.3. The molecule has 2 atom stereocenters. The number of nitrogens with zero attached hydrogens (tertiary/aromatic N) is 4. The van der Waals surface area contributed by atoms with Crippen LogP contribution in [0, 0.1) is 6.92 Å². The van der Waals surface area contributed by atoms with Crippen LogP contribution in [0.25, 0.3) is 0 Å². The molecule has 0 saturated carbocycles. The molecule has 5 rings (SSSR count). The normalized spacial score (nSPS) is 15.7. The van der Waals surface area contributed by atoms with Gasteiger partial charge >= 0.3 is 12.1 Å². The van der Waals surface area contributed by atoms with Crippen LogP contribution in [-0.4, -0.2) is 40.0 Å². The number of methoxy groups -OCH3 is 1. The summed E-state index contributed by atoms with van der Waals surface area (Å²) >= 11 is 0. The van der Waals surface area contributed by atoms with Crippen molar-refractivity contribution in [3.05, 3.63) is 130 Å². The van der Waals surface area contributed by atoms with E-state index < -0.39 is 47.4 Å². The molecule has 0 aliphatic carbocycles. The number of hydrogen-bond acceptors (Lipinski definition) is 8. The van der Waals surface area contributed by atoms with E-state index in [1.165, 1.54) is 6.07 Å². The predicted octanol–water partition coefficient (Wildman–Crippen LogP) is 6.48. The first kappa shape index (κ1) is 32.0. The average molecular weight is 631 g/mol. The first-order chi connectivity index (χ1) is 21.9. The topological polar surface area (TPSA) is 112 Å². The fourth-order valence-electron chi connectivity index (χ4n) is 5.02. The van der Waals surface area contributed by atoms with Gasteiger partial charge in [-0.15, -0.1) is 5.10 Å². The summed E-state index contributed by atoms with van der Waals surface area (Å²) < 4.78 is 51.5. The maximum absolute atomic E-state index is 14.4. The van der Waals surface area contributed by atoms with Crippen molar-refractivity contribution < 1.29 is 37.0 Å². The molecule has 1 aliphatic rings. The highest BCUT2D eigenvalue weighted by atomic mass is 19.4. The number of halogens is 3. The monoisotopic (exact) mass is 630 g/mol. The molecule has 0 bridgehead atoms. The SMILES string of the molecule is COC(=O)[C@H](OC1=C(C(=O)c2ccc(C(C)C)cc2)[C@@H](c2ccc(C(F)(F)F)nc2)N(c2ccc(C)nn2)C1=O)c1ccccc1. The fourth-order valence-corrected chi connectivity index (χ4v) is 5.02. The lowest BCUT2D eigenvalue weighted by Gasteiger charge is -2.25. The molecule has 3 heterocycles. The summed E-state index contributed by atoms with van der Waals surface area (Å²) in [6, 6.07) is 18.6. The van der Waals surface area contributed by atoms with Crippen molar-refractivity contribution in [3.63, 3.8) is 0 Å². The van der Waals surface area contributed by atoms with Crippen LogP contribution in [0.4, 0.5) is 19.0 Å². The van der Waals surface area contributed by atoms with Crippen LogP contribution in [-0.2, 0) is 25.2 Å². The predicted molar refractivity (Wildman–Crippen MR) is 160 cm³/mol. The summed E-state index contributed by atoms with van der Waals surface area (Å²) in [6.07, 6.45) is -5.24. The molecule has 0 unspecified atom stereocenters. The van der Waals surface area contributed by atoms with Crippen molar-refractivity contribution in [2.45, 2.75) is 45.0 Å². The van der Waals surface area contributed by atoms with Crippen molar-refractivity contribution in [1.29, 1.82) is 0 Å². The number of anilines is 1. The van der Waals surface area contributed by atoms with E-state index in [4.69, 9.17) is 9.47 Å². The number of ether oxygens (including phenoxy) is 2. The molecule has 2 aromatic heterocycles. The van der Waals surface area contributed by atoms with Gasteiger partial charge in [-0.2, -0.15) is 18.3 Å². The summed E-state index contributed by atoms with van der Waals surface area (Å²) in [7, 11) is 1.15. The van der Waals surface area contributed by atoms with Gasteiger partial charge in [-0.25, -0.2) is 4.79 Å². The molecule has 236 valence electrons. The number of Topliss-reactive ketones (excluding diaryl/α,β-unsaturated/α-hetero) is 1. The highest BCUT2D eigenvalue weighted by Gasteiger charge is 2.48. The molecule has 1 amide bonds. The van der Waals surface area contributed by atoms with Crippen molar-refractivity contribution in [1.82, 2.24) is 15.2 Å². The fraction of sp³-hybridized carbons (Fsp3) is 0.235. The Hall–Kier alpha value is -5.39. The largest absolute Gasteiger partial charge is 0.468 e. The van der Waals surface area contributed by atoms with Gasteiger partial charge in [0.1, 0.15) is 5.69 Å². The lowest BCUT2D eigenvalue weighted by Crippen LogP contribution is -2.32. The van der Waals surface area contributed by atoms with E-state index in [2.05, 4.69) is 15.2 Å². The van der Waals surface area contributed by atoms with Crippen LogP contribution in [0.5, 0.6) is 0 Å². The maximum Gasteiger partial charge on any atom is 0.433 e. The average Bonchev–Trinajstić information content (AvgIpc) is 3.34. The number of esters is 1. The third kappa shape index (κ3) is 6.37. The molecule has 0 fully saturated rings. The van der Waals surface area contributed by atoms with E-state index in [1.54, 1.807) is 67.6 Å². The molecule has 12 heteroatoms. The molecule has 0 N–H and O–H groups in total. The smallest absolute Gasteiger partial charge is 0.433 e. The molecule has 2 aromatic carbocycles. The number of carbonyl (C=O) groups is 3. The number of aromatic nitrogens is 3. The van der Waals surface area contributed by atoms with Crippen molar-refractivity contribution >= 4 is 23.5 Å². The van der Waals surface area contributed by atoms with Gasteiger partial charge in [0, 0.05) is 17.3 Å². The Morgan fingerprint density at radius 3 is 2.13 bits per heavy atom. The second kappa shape index (κ2) is 12.9. The Bertz CT molecular complexity index is 1770. The van der Waals surface area contributed by atoms with Gasteiger partial charge in [-0.05, 0) is 42.2 Å². The van der Waals surface area contributed by atoms with Crippen molar-refractivity contribution in [3.8, 4) is 0 Å². The number of alkyl halides is 3. The lowest BCUT2D eigenvalue weighted by molar-refractivity contribution is -0.152. The molecule has 4 aromatic rings. The van der Waals surface area contributed by atoms with Gasteiger partial charge in [0.15, 0.2) is 17.4 Å². The van der Waals surface area contributed by atoms with Gasteiger partial charge < -0.3 is 9.47 Å². The van der Waals surface area contributed by atoms with Crippen molar-refractivity contribution in [2.24, 2.45) is 0 Å². The van der Waals surface area contributed by atoms with Gasteiger partial charge in [0.25, 0.3) is 5.91 Å². The highest BCUT2D eigenvalue weighted by Crippen LogP contribution is 2.44. The van der Waals surface area contributed by atoms with Crippen LogP contribution in [0.15, 0.2) is 96.4 Å². The molecule has 0 spiro atoms. The number of amides is 1. The number of benzene rings is 2. The summed E-state index contributed by atoms with van der Waals surface area (Å²) in [4.78, 5) is 46.4. The van der Waals surface area contributed by atoms with Gasteiger partial charge in [-0.1, -0.05) is 74.5 Å². The number of rotatable bonds is 9. The van der Waals surface area contributed by atoms with Gasteiger partial charge in [0.2, 0.25) is 6.10 Å². The minimum Gasteiger partial charge on any atom is -0.468 e. The third-order valence-corrected chi connectivity index (χ3v) is 7.45. The van der Waals surface area contributed by atoms with Crippen LogP contribution in [0.1, 0.15) is 70.3 Å². The zero-order valence-corrected chi connectivity index (χ0v) is 25.3. The third-order valence-electron chi connectivity index (χ3n) is 7.45. The molecule has 0 saturated heterocycles. The number of hydrogen-bond donors (Lipinski definition) is 0. The van der Waals surface area contributed by atoms with Crippen LogP contribution < -0.4 is 4.90 Å². The Kier molecular flexibility index (Phi) is 8.99. The molecule has 1 aliphatic heterocycles. The van der Waals surface area contributed by atoms with E-state index in [-0.39, 0.29) is 28.4 Å². The minimum atomic E-state index is -4.73. The molecular weight excluding hydrogens is 601 g/mol. The van der Waals surface area contributed by atoms with Gasteiger partial charge in [-0.3, -0.25) is 19.5 Å². The Morgan fingerprint density at radius 1 is 0.891 bits per heavy atom.